The lowest BCUT2D eigenvalue weighted by Crippen LogP contribution is -2.39. The van der Waals surface area contributed by atoms with Crippen molar-refractivity contribution in [2.75, 3.05) is 32.7 Å². The van der Waals surface area contributed by atoms with Gasteiger partial charge in [0, 0.05) is 36.6 Å². The Labute approximate surface area is 166 Å². The summed E-state index contributed by atoms with van der Waals surface area (Å²) >= 11 is 7.34. The molecule has 1 fully saturated rings. The van der Waals surface area contributed by atoms with E-state index in [0.717, 1.165) is 17.8 Å². The fourth-order valence-corrected chi connectivity index (χ4v) is 4.03. The van der Waals surface area contributed by atoms with Crippen molar-refractivity contribution in [1.82, 2.24) is 15.1 Å². The van der Waals surface area contributed by atoms with Crippen molar-refractivity contribution in [3.8, 4) is 0 Å². The molecule has 0 aliphatic carbocycles. The summed E-state index contributed by atoms with van der Waals surface area (Å²) < 4.78 is 13.7. The Morgan fingerprint density at radius 3 is 2.56 bits per heavy atom. The predicted octanol–water partition coefficient (Wildman–Crippen LogP) is 3.00. The Kier molecular flexibility index (Phi) is 6.82. The molecular weight excluding hydrogens is 389 g/mol. The molecule has 0 bridgehead atoms. The molecule has 27 heavy (non-hydrogen) atoms. The lowest BCUT2D eigenvalue weighted by Gasteiger charge is -2.21. The van der Waals surface area contributed by atoms with Crippen LogP contribution in [-0.2, 0) is 11.3 Å². The summed E-state index contributed by atoms with van der Waals surface area (Å²) in [6.07, 6.45) is 0.792. The Hall–Kier alpha value is -1.96. The van der Waals surface area contributed by atoms with Crippen molar-refractivity contribution in [2.45, 2.75) is 13.0 Å². The van der Waals surface area contributed by atoms with Crippen molar-refractivity contribution in [3.63, 3.8) is 0 Å². The summed E-state index contributed by atoms with van der Waals surface area (Å²) in [7, 11) is 0. The maximum absolute atomic E-state index is 13.0. The van der Waals surface area contributed by atoms with Gasteiger partial charge in [0.05, 0.1) is 17.4 Å². The number of nitrogens with zero attached hydrogens (tertiary/aromatic N) is 2. The van der Waals surface area contributed by atoms with E-state index < -0.39 is 0 Å². The first kappa shape index (κ1) is 19.8. The van der Waals surface area contributed by atoms with Gasteiger partial charge < -0.3 is 10.2 Å². The van der Waals surface area contributed by atoms with Crippen LogP contribution in [0.2, 0.25) is 4.34 Å². The smallest absolute Gasteiger partial charge is 0.253 e. The summed E-state index contributed by atoms with van der Waals surface area (Å²) in [5, 5.41) is 2.90. The quantitative estimate of drug-likeness (QED) is 0.825. The van der Waals surface area contributed by atoms with E-state index in [9.17, 15) is 14.0 Å². The summed E-state index contributed by atoms with van der Waals surface area (Å²) in [4.78, 5) is 29.6. The van der Waals surface area contributed by atoms with Gasteiger partial charge >= 0.3 is 0 Å². The van der Waals surface area contributed by atoms with Crippen LogP contribution in [0, 0.1) is 5.82 Å². The fraction of sp³-hybridized carbons (Fsp3) is 0.368. The average molecular weight is 410 g/mol. The van der Waals surface area contributed by atoms with Crippen molar-refractivity contribution >= 4 is 34.8 Å². The normalized spacial score (nSPS) is 15.4. The first-order valence-corrected chi connectivity index (χ1v) is 9.99. The van der Waals surface area contributed by atoms with Crippen LogP contribution in [0.15, 0.2) is 36.4 Å². The Bertz CT molecular complexity index is 797. The molecule has 2 heterocycles. The van der Waals surface area contributed by atoms with Gasteiger partial charge in [-0.25, -0.2) is 4.39 Å². The van der Waals surface area contributed by atoms with E-state index in [2.05, 4.69) is 10.2 Å². The lowest BCUT2D eigenvalue weighted by molar-refractivity contribution is -0.122. The molecule has 1 aromatic heterocycles. The number of hydrogen-bond acceptors (Lipinski definition) is 4. The number of halogens is 2. The first-order valence-electron chi connectivity index (χ1n) is 8.79. The van der Waals surface area contributed by atoms with Crippen LogP contribution in [0.25, 0.3) is 0 Å². The molecule has 3 rings (SSSR count). The molecule has 5 nitrogen and oxygen atoms in total. The molecule has 1 aliphatic heterocycles. The number of benzene rings is 1. The standard InChI is InChI=1S/C19H21ClFN3O2S/c20-17-7-6-16(27-17)12-22-18(25)13-23-8-1-9-24(11-10-23)19(26)14-2-4-15(21)5-3-14/h2-7H,1,8-13H2,(H,22,25). The molecule has 2 aromatic rings. The molecule has 0 atom stereocenters. The third kappa shape index (κ3) is 5.76. The minimum Gasteiger partial charge on any atom is -0.350 e. The van der Waals surface area contributed by atoms with Gasteiger partial charge in [0.15, 0.2) is 0 Å². The molecular formula is C19H21ClFN3O2S. The van der Waals surface area contributed by atoms with Crippen molar-refractivity contribution in [3.05, 3.63) is 57.0 Å². The number of nitrogens with one attached hydrogen (secondary N) is 1. The van der Waals surface area contributed by atoms with Gasteiger partial charge in [-0.3, -0.25) is 14.5 Å². The number of carbonyl (C=O) groups is 2. The molecule has 144 valence electrons. The molecule has 0 unspecified atom stereocenters. The maximum Gasteiger partial charge on any atom is 0.253 e. The predicted molar refractivity (Wildman–Crippen MR) is 105 cm³/mol. The molecule has 2 amide bonds. The topological polar surface area (TPSA) is 52.7 Å². The molecule has 1 aliphatic rings. The van der Waals surface area contributed by atoms with E-state index in [1.165, 1.54) is 35.6 Å². The van der Waals surface area contributed by atoms with E-state index in [-0.39, 0.29) is 17.6 Å². The average Bonchev–Trinajstić information content (AvgIpc) is 2.93. The summed E-state index contributed by atoms with van der Waals surface area (Å²) in [5.74, 6) is -0.502. The zero-order valence-electron chi connectivity index (χ0n) is 14.8. The van der Waals surface area contributed by atoms with Crippen molar-refractivity contribution in [1.29, 1.82) is 0 Å². The van der Waals surface area contributed by atoms with E-state index in [1.807, 2.05) is 12.1 Å². The summed E-state index contributed by atoms with van der Waals surface area (Å²) in [6, 6.07) is 9.31. The number of carbonyl (C=O) groups excluding carboxylic acids is 2. The number of hydrogen-bond donors (Lipinski definition) is 1. The van der Waals surface area contributed by atoms with E-state index in [0.29, 0.717) is 42.6 Å². The molecule has 1 aromatic carbocycles. The van der Waals surface area contributed by atoms with Crippen molar-refractivity contribution < 1.29 is 14.0 Å². The molecule has 1 saturated heterocycles. The molecule has 8 heteroatoms. The third-order valence-corrected chi connectivity index (χ3v) is 5.65. The lowest BCUT2D eigenvalue weighted by atomic mass is 10.2. The monoisotopic (exact) mass is 409 g/mol. The molecule has 0 saturated carbocycles. The van der Waals surface area contributed by atoms with E-state index in [4.69, 9.17) is 11.6 Å². The highest BCUT2D eigenvalue weighted by atomic mass is 35.5. The SMILES string of the molecule is O=C(CN1CCCN(C(=O)c2ccc(F)cc2)CC1)NCc1ccc(Cl)s1. The second-order valence-corrected chi connectivity index (χ2v) is 8.21. The third-order valence-electron chi connectivity index (χ3n) is 4.42. The highest BCUT2D eigenvalue weighted by molar-refractivity contribution is 7.16. The van der Waals surface area contributed by atoms with Gasteiger partial charge in [0.25, 0.3) is 5.91 Å². The second kappa shape index (κ2) is 9.30. The Balaban J connectivity index is 1.47. The molecule has 0 radical (unpaired) electrons. The van der Waals surface area contributed by atoms with Gasteiger partial charge in [0.1, 0.15) is 5.82 Å². The zero-order valence-corrected chi connectivity index (χ0v) is 16.4. The Morgan fingerprint density at radius 2 is 1.85 bits per heavy atom. The first-order chi connectivity index (χ1) is 13.0. The van der Waals surface area contributed by atoms with Gasteiger partial charge in [-0.05, 0) is 42.8 Å². The summed E-state index contributed by atoms with van der Waals surface area (Å²) in [6.45, 7) is 3.33. The van der Waals surface area contributed by atoms with Crippen LogP contribution in [0.5, 0.6) is 0 Å². The molecule has 0 spiro atoms. The van der Waals surface area contributed by atoms with Crippen LogP contribution >= 0.6 is 22.9 Å². The van der Waals surface area contributed by atoms with Gasteiger partial charge in [-0.1, -0.05) is 11.6 Å². The van der Waals surface area contributed by atoms with E-state index >= 15 is 0 Å². The number of rotatable bonds is 5. The maximum atomic E-state index is 13.0. The van der Waals surface area contributed by atoms with Gasteiger partial charge in [-0.2, -0.15) is 0 Å². The highest BCUT2D eigenvalue weighted by Gasteiger charge is 2.21. The molecule has 1 N–H and O–H groups in total. The van der Waals surface area contributed by atoms with Gasteiger partial charge in [-0.15, -0.1) is 11.3 Å². The zero-order chi connectivity index (χ0) is 19.2. The van der Waals surface area contributed by atoms with E-state index in [1.54, 1.807) is 4.90 Å². The Morgan fingerprint density at radius 1 is 1.07 bits per heavy atom. The number of thiophene rings is 1. The fourth-order valence-electron chi connectivity index (χ4n) is 3.00. The van der Waals surface area contributed by atoms with Crippen LogP contribution in [-0.4, -0.2) is 54.3 Å². The van der Waals surface area contributed by atoms with Crippen LogP contribution in [0.1, 0.15) is 21.7 Å². The largest absolute Gasteiger partial charge is 0.350 e. The van der Waals surface area contributed by atoms with Crippen LogP contribution in [0.4, 0.5) is 4.39 Å². The number of amides is 2. The van der Waals surface area contributed by atoms with Crippen LogP contribution < -0.4 is 5.32 Å². The minimum absolute atomic E-state index is 0.0437. The summed E-state index contributed by atoms with van der Waals surface area (Å²) in [5.41, 5.74) is 0.484. The van der Waals surface area contributed by atoms with Crippen LogP contribution in [0.3, 0.4) is 0 Å². The van der Waals surface area contributed by atoms with Crippen molar-refractivity contribution in [2.24, 2.45) is 0 Å². The highest BCUT2D eigenvalue weighted by Crippen LogP contribution is 2.21. The minimum atomic E-state index is -0.357. The second-order valence-electron chi connectivity index (χ2n) is 6.41. The van der Waals surface area contributed by atoms with Gasteiger partial charge in [0.2, 0.25) is 5.91 Å².